The fraction of sp³-hybridized carbons (Fsp3) is 0.438. The summed E-state index contributed by atoms with van der Waals surface area (Å²) in [5.74, 6) is -0.0496. The van der Waals surface area contributed by atoms with E-state index in [1.54, 1.807) is 12.2 Å². The molecule has 1 amide bonds. The summed E-state index contributed by atoms with van der Waals surface area (Å²) in [6, 6.07) is 7.95. The van der Waals surface area contributed by atoms with Crippen LogP contribution >= 0.6 is 0 Å². The highest BCUT2D eigenvalue weighted by Gasteiger charge is 2.18. The van der Waals surface area contributed by atoms with E-state index in [4.69, 9.17) is 5.73 Å². The van der Waals surface area contributed by atoms with Gasteiger partial charge in [-0.15, -0.1) is 0 Å². The molecule has 0 radical (unpaired) electrons. The number of benzene rings is 1. The Morgan fingerprint density at radius 3 is 3.10 bits per heavy atom. The second kappa shape index (κ2) is 7.10. The number of piperidine rings is 1. The Morgan fingerprint density at radius 1 is 1.50 bits per heavy atom. The van der Waals surface area contributed by atoms with Gasteiger partial charge in [0.2, 0.25) is 5.91 Å². The number of anilines is 1. The third kappa shape index (κ3) is 4.38. The molecule has 1 heterocycles. The third-order valence-corrected chi connectivity index (χ3v) is 3.77. The third-order valence-electron chi connectivity index (χ3n) is 3.77. The topological polar surface area (TPSA) is 58.4 Å². The fourth-order valence-corrected chi connectivity index (χ4v) is 2.51. The molecule has 2 rings (SSSR count). The molecule has 20 heavy (non-hydrogen) atoms. The van der Waals surface area contributed by atoms with Crippen molar-refractivity contribution in [1.82, 2.24) is 10.2 Å². The zero-order valence-electron chi connectivity index (χ0n) is 12.0. The first-order chi connectivity index (χ1) is 9.65. The molecule has 1 fully saturated rings. The van der Waals surface area contributed by atoms with Gasteiger partial charge in [-0.25, -0.2) is 0 Å². The maximum absolute atomic E-state index is 11.8. The van der Waals surface area contributed by atoms with Crippen molar-refractivity contribution in [1.29, 1.82) is 0 Å². The minimum Gasteiger partial charge on any atom is -0.399 e. The number of nitrogens with one attached hydrogen (secondary N) is 1. The van der Waals surface area contributed by atoms with Gasteiger partial charge in [-0.1, -0.05) is 18.6 Å². The van der Waals surface area contributed by atoms with Crippen LogP contribution in [-0.4, -0.2) is 37.0 Å². The number of nitrogens with two attached hydrogens (primary N) is 1. The van der Waals surface area contributed by atoms with Crippen molar-refractivity contribution in [2.75, 3.05) is 25.9 Å². The first-order valence-electron chi connectivity index (χ1n) is 7.17. The van der Waals surface area contributed by atoms with Crippen molar-refractivity contribution < 1.29 is 4.79 Å². The Labute approximate surface area is 120 Å². The Morgan fingerprint density at radius 2 is 2.35 bits per heavy atom. The van der Waals surface area contributed by atoms with E-state index in [0.717, 1.165) is 25.1 Å². The summed E-state index contributed by atoms with van der Waals surface area (Å²) in [4.78, 5) is 14.1. The molecule has 0 spiro atoms. The minimum atomic E-state index is -0.0496. The van der Waals surface area contributed by atoms with E-state index in [9.17, 15) is 4.79 Å². The summed E-state index contributed by atoms with van der Waals surface area (Å²) in [7, 11) is 2.12. The van der Waals surface area contributed by atoms with Gasteiger partial charge in [-0.3, -0.25) is 4.79 Å². The number of rotatable bonds is 4. The molecule has 0 aliphatic carbocycles. The molecule has 1 saturated heterocycles. The predicted octanol–water partition coefficient (Wildman–Crippen LogP) is 1.88. The van der Waals surface area contributed by atoms with Crippen LogP contribution in [-0.2, 0) is 4.79 Å². The lowest BCUT2D eigenvalue weighted by Crippen LogP contribution is -2.44. The average Bonchev–Trinajstić information content (AvgIpc) is 2.44. The number of nitrogens with zero attached hydrogens (tertiary/aromatic N) is 1. The van der Waals surface area contributed by atoms with Crippen LogP contribution in [0.2, 0.25) is 0 Å². The largest absolute Gasteiger partial charge is 0.399 e. The van der Waals surface area contributed by atoms with Gasteiger partial charge in [0.15, 0.2) is 0 Å². The normalized spacial score (nSPS) is 20.1. The predicted molar refractivity (Wildman–Crippen MR) is 83.2 cm³/mol. The summed E-state index contributed by atoms with van der Waals surface area (Å²) in [6.45, 7) is 1.84. The number of likely N-dealkylation sites (N-methyl/N-ethyl adjacent to an activating group) is 1. The Hall–Kier alpha value is -1.81. The van der Waals surface area contributed by atoms with Crippen LogP contribution in [0.15, 0.2) is 30.3 Å². The van der Waals surface area contributed by atoms with Crippen molar-refractivity contribution in [2.45, 2.75) is 25.3 Å². The van der Waals surface area contributed by atoms with E-state index in [1.165, 1.54) is 12.8 Å². The molecule has 4 nitrogen and oxygen atoms in total. The van der Waals surface area contributed by atoms with Crippen LogP contribution in [0.1, 0.15) is 24.8 Å². The fourth-order valence-electron chi connectivity index (χ4n) is 2.51. The van der Waals surface area contributed by atoms with Crippen LogP contribution in [0.4, 0.5) is 5.69 Å². The molecule has 4 heteroatoms. The monoisotopic (exact) mass is 273 g/mol. The van der Waals surface area contributed by atoms with Gasteiger partial charge in [-0.2, -0.15) is 0 Å². The maximum Gasteiger partial charge on any atom is 0.244 e. The van der Waals surface area contributed by atoms with Crippen LogP contribution in [0, 0.1) is 0 Å². The number of carbonyl (C=O) groups is 1. The number of hydrogen-bond acceptors (Lipinski definition) is 3. The average molecular weight is 273 g/mol. The zero-order valence-corrected chi connectivity index (χ0v) is 12.0. The SMILES string of the molecule is CN1CCCCC1CNC(=O)/C=C/c1cccc(N)c1. The Bertz CT molecular complexity index is 484. The van der Waals surface area contributed by atoms with Crippen LogP contribution in [0.25, 0.3) is 6.08 Å². The lowest BCUT2D eigenvalue weighted by Gasteiger charge is -2.32. The minimum absolute atomic E-state index is 0.0496. The summed E-state index contributed by atoms with van der Waals surface area (Å²) in [5, 5.41) is 2.97. The molecular formula is C16H23N3O. The molecule has 0 saturated carbocycles. The first-order valence-corrected chi connectivity index (χ1v) is 7.17. The van der Waals surface area contributed by atoms with E-state index in [-0.39, 0.29) is 5.91 Å². The maximum atomic E-state index is 11.8. The second-order valence-electron chi connectivity index (χ2n) is 5.38. The van der Waals surface area contributed by atoms with Gasteiger partial charge < -0.3 is 16.0 Å². The molecule has 1 aliphatic rings. The van der Waals surface area contributed by atoms with Crippen molar-refractivity contribution in [2.24, 2.45) is 0 Å². The number of amides is 1. The van der Waals surface area contributed by atoms with Crippen LogP contribution < -0.4 is 11.1 Å². The van der Waals surface area contributed by atoms with Crippen molar-refractivity contribution in [3.05, 3.63) is 35.9 Å². The first kappa shape index (κ1) is 14.6. The van der Waals surface area contributed by atoms with Gasteiger partial charge in [0.25, 0.3) is 0 Å². The summed E-state index contributed by atoms with van der Waals surface area (Å²) >= 11 is 0. The molecule has 1 aromatic rings. The smallest absolute Gasteiger partial charge is 0.244 e. The van der Waals surface area contributed by atoms with Crippen molar-refractivity contribution >= 4 is 17.7 Å². The van der Waals surface area contributed by atoms with Gasteiger partial charge >= 0.3 is 0 Å². The summed E-state index contributed by atoms with van der Waals surface area (Å²) < 4.78 is 0. The van der Waals surface area contributed by atoms with E-state index in [1.807, 2.05) is 24.3 Å². The zero-order chi connectivity index (χ0) is 14.4. The highest BCUT2D eigenvalue weighted by atomic mass is 16.1. The highest BCUT2D eigenvalue weighted by molar-refractivity contribution is 5.91. The molecule has 1 unspecified atom stereocenters. The quantitative estimate of drug-likeness (QED) is 0.650. The lowest BCUT2D eigenvalue weighted by molar-refractivity contribution is -0.116. The molecule has 0 bridgehead atoms. The van der Waals surface area contributed by atoms with E-state index in [0.29, 0.717) is 11.7 Å². The lowest BCUT2D eigenvalue weighted by atomic mass is 10.0. The summed E-state index contributed by atoms with van der Waals surface area (Å²) in [5.41, 5.74) is 7.34. The molecule has 3 N–H and O–H groups in total. The van der Waals surface area contributed by atoms with Gasteiger partial charge in [0.1, 0.15) is 0 Å². The molecule has 1 aliphatic heterocycles. The van der Waals surface area contributed by atoms with Gasteiger partial charge in [-0.05, 0) is 50.2 Å². The molecular weight excluding hydrogens is 250 g/mol. The standard InChI is InChI=1S/C16H23N3O/c1-19-10-3-2-7-15(19)12-18-16(20)9-8-13-5-4-6-14(17)11-13/h4-6,8-9,11,15H,2-3,7,10,12,17H2,1H3,(H,18,20)/b9-8+. The Kier molecular flexibility index (Phi) is 5.18. The second-order valence-corrected chi connectivity index (χ2v) is 5.38. The summed E-state index contributed by atoms with van der Waals surface area (Å²) in [6.07, 6.45) is 7.03. The molecule has 1 atom stereocenters. The van der Waals surface area contributed by atoms with Crippen LogP contribution in [0.3, 0.4) is 0 Å². The van der Waals surface area contributed by atoms with E-state index in [2.05, 4.69) is 17.3 Å². The molecule has 108 valence electrons. The van der Waals surface area contributed by atoms with Crippen LogP contribution in [0.5, 0.6) is 0 Å². The van der Waals surface area contributed by atoms with Crippen molar-refractivity contribution in [3.8, 4) is 0 Å². The highest BCUT2D eigenvalue weighted by Crippen LogP contribution is 2.14. The van der Waals surface area contributed by atoms with Crippen molar-refractivity contribution in [3.63, 3.8) is 0 Å². The van der Waals surface area contributed by atoms with E-state index < -0.39 is 0 Å². The van der Waals surface area contributed by atoms with Gasteiger partial charge in [0.05, 0.1) is 0 Å². The Balaban J connectivity index is 1.80. The van der Waals surface area contributed by atoms with E-state index >= 15 is 0 Å². The number of carbonyl (C=O) groups excluding carboxylic acids is 1. The molecule has 0 aromatic heterocycles. The van der Waals surface area contributed by atoms with Gasteiger partial charge in [0, 0.05) is 24.4 Å². The molecule has 1 aromatic carbocycles. The number of nitrogen functional groups attached to an aromatic ring is 1. The number of hydrogen-bond donors (Lipinski definition) is 2. The number of likely N-dealkylation sites (tertiary alicyclic amines) is 1.